The molecule has 1 saturated carbocycles. The minimum atomic E-state index is -0.570. The molecule has 5 nitrogen and oxygen atoms in total. The molecule has 158 valence electrons. The van der Waals surface area contributed by atoms with E-state index in [9.17, 15) is 15.0 Å². The minimum Gasteiger partial charge on any atom is -0.393 e. The normalized spacial score (nSPS) is 35.4. The Morgan fingerprint density at radius 1 is 1.27 bits per heavy atom. The lowest BCUT2D eigenvalue weighted by atomic mass is 9.62. The monoisotopic (exact) mass is 406 g/mol. The van der Waals surface area contributed by atoms with Gasteiger partial charge in [0.25, 0.3) is 5.91 Å². The van der Waals surface area contributed by atoms with Gasteiger partial charge in [-0.2, -0.15) is 0 Å². The summed E-state index contributed by atoms with van der Waals surface area (Å²) in [4.78, 5) is 17.2. The molecule has 0 aliphatic heterocycles. The highest BCUT2D eigenvalue weighted by atomic mass is 16.3. The van der Waals surface area contributed by atoms with E-state index in [4.69, 9.17) is 0 Å². The summed E-state index contributed by atoms with van der Waals surface area (Å²) in [5.74, 6) is 0.681. The van der Waals surface area contributed by atoms with Gasteiger partial charge in [-0.05, 0) is 74.5 Å². The number of pyridine rings is 1. The zero-order chi connectivity index (χ0) is 20.9. The van der Waals surface area contributed by atoms with Crippen LogP contribution in [0.1, 0.15) is 51.9 Å². The smallest absolute Gasteiger partial charge is 0.251 e. The minimum absolute atomic E-state index is 0.0898. The van der Waals surface area contributed by atoms with Crippen LogP contribution >= 0.6 is 0 Å². The maximum atomic E-state index is 13.1. The topological polar surface area (TPSA) is 82.5 Å². The lowest BCUT2D eigenvalue weighted by Crippen LogP contribution is -2.40. The molecule has 5 rings (SSSR count). The molecule has 5 unspecified atom stereocenters. The maximum Gasteiger partial charge on any atom is 0.251 e. The summed E-state index contributed by atoms with van der Waals surface area (Å²) in [6.07, 6.45) is 12.9. The number of carbonyl (C=O) groups is 1. The van der Waals surface area contributed by atoms with E-state index in [-0.39, 0.29) is 23.3 Å². The zero-order valence-corrected chi connectivity index (χ0v) is 17.5. The first-order valence-corrected chi connectivity index (χ1v) is 11.2. The van der Waals surface area contributed by atoms with Gasteiger partial charge in [0, 0.05) is 17.2 Å². The Labute approximate surface area is 177 Å². The molecule has 0 spiro atoms. The van der Waals surface area contributed by atoms with Crippen molar-refractivity contribution in [2.45, 2.75) is 64.1 Å². The number of aromatic nitrogens is 1. The van der Waals surface area contributed by atoms with E-state index >= 15 is 0 Å². The number of amides is 1. The highest BCUT2D eigenvalue weighted by Crippen LogP contribution is 2.57. The summed E-state index contributed by atoms with van der Waals surface area (Å²) >= 11 is 0. The lowest BCUT2D eigenvalue weighted by molar-refractivity contribution is -0.114. The number of fused-ring (bicyclic) bond motifs is 3. The van der Waals surface area contributed by atoms with Crippen molar-refractivity contribution in [1.82, 2.24) is 4.98 Å². The fourth-order valence-corrected chi connectivity index (χ4v) is 6.27. The van der Waals surface area contributed by atoms with Gasteiger partial charge in [-0.25, -0.2) is 0 Å². The van der Waals surface area contributed by atoms with Crippen molar-refractivity contribution in [3.63, 3.8) is 0 Å². The van der Waals surface area contributed by atoms with Crippen LogP contribution in [0.2, 0.25) is 0 Å². The zero-order valence-electron chi connectivity index (χ0n) is 17.5. The van der Waals surface area contributed by atoms with Crippen LogP contribution in [0.4, 0.5) is 5.69 Å². The number of hydrogen-bond acceptors (Lipinski definition) is 4. The molecule has 5 atom stereocenters. The summed E-state index contributed by atoms with van der Waals surface area (Å²) in [5, 5.41) is 24.3. The first kappa shape index (κ1) is 19.7. The van der Waals surface area contributed by atoms with Gasteiger partial charge in [0.15, 0.2) is 0 Å². The molecular weight excluding hydrogens is 376 g/mol. The van der Waals surface area contributed by atoms with Gasteiger partial charge >= 0.3 is 0 Å². The van der Waals surface area contributed by atoms with Gasteiger partial charge in [-0.1, -0.05) is 30.2 Å². The van der Waals surface area contributed by atoms with E-state index in [1.54, 1.807) is 18.5 Å². The third kappa shape index (κ3) is 3.25. The predicted molar refractivity (Wildman–Crippen MR) is 115 cm³/mol. The van der Waals surface area contributed by atoms with E-state index in [0.717, 1.165) is 49.7 Å². The maximum absolute atomic E-state index is 13.1. The fourth-order valence-electron chi connectivity index (χ4n) is 6.27. The summed E-state index contributed by atoms with van der Waals surface area (Å²) < 4.78 is 0. The third-order valence-electron chi connectivity index (χ3n) is 7.82. The highest BCUT2D eigenvalue weighted by molar-refractivity contribution is 6.05. The molecule has 30 heavy (non-hydrogen) atoms. The van der Waals surface area contributed by atoms with Crippen LogP contribution in [0.15, 0.2) is 59.0 Å². The van der Waals surface area contributed by atoms with Crippen molar-refractivity contribution >= 4 is 11.6 Å². The molecule has 1 fully saturated rings. The summed E-state index contributed by atoms with van der Waals surface area (Å²) in [7, 11) is 0. The van der Waals surface area contributed by atoms with E-state index in [1.807, 2.05) is 6.07 Å². The van der Waals surface area contributed by atoms with Gasteiger partial charge in [-0.3, -0.25) is 9.78 Å². The first-order valence-electron chi connectivity index (χ1n) is 11.2. The van der Waals surface area contributed by atoms with E-state index in [2.05, 4.69) is 29.4 Å². The van der Waals surface area contributed by atoms with Crippen molar-refractivity contribution in [1.29, 1.82) is 0 Å². The van der Waals surface area contributed by atoms with Crippen LogP contribution in [-0.4, -0.2) is 33.3 Å². The van der Waals surface area contributed by atoms with Crippen molar-refractivity contribution in [3.05, 3.63) is 59.0 Å². The average Bonchev–Trinajstić information content (AvgIpc) is 2.94. The van der Waals surface area contributed by atoms with E-state index in [1.165, 1.54) is 11.1 Å². The lowest BCUT2D eigenvalue weighted by Gasteiger charge is -2.43. The van der Waals surface area contributed by atoms with E-state index in [0.29, 0.717) is 18.0 Å². The molecule has 4 aliphatic carbocycles. The van der Waals surface area contributed by atoms with Crippen LogP contribution in [-0.2, 0) is 4.79 Å². The largest absolute Gasteiger partial charge is 0.393 e. The molecule has 0 bridgehead atoms. The van der Waals surface area contributed by atoms with Crippen molar-refractivity contribution in [3.8, 4) is 0 Å². The van der Waals surface area contributed by atoms with Crippen LogP contribution in [0.5, 0.6) is 0 Å². The molecule has 0 aromatic carbocycles. The number of carbonyl (C=O) groups excluding carboxylic acids is 1. The molecule has 1 amide bonds. The number of allylic oxidation sites excluding steroid dienone is 2. The number of anilines is 1. The second kappa shape index (κ2) is 7.47. The number of nitrogens with zero attached hydrogens (tertiary/aromatic N) is 1. The number of aliphatic hydroxyl groups excluding tert-OH is 2. The first-order chi connectivity index (χ1) is 14.5. The van der Waals surface area contributed by atoms with Gasteiger partial charge < -0.3 is 15.5 Å². The highest BCUT2D eigenvalue weighted by Gasteiger charge is 2.51. The Hall–Kier alpha value is -2.24. The number of rotatable bonds is 2. The van der Waals surface area contributed by atoms with Crippen LogP contribution in [0.3, 0.4) is 0 Å². The number of aliphatic hydroxyl groups is 2. The molecule has 1 aromatic rings. The SMILES string of the molecule is CC12CC(O)C3=C(CCC4CCC(O)CC4=C3)C1CC=C2C(=O)Nc1cccnc1. The molecular formula is C25H30N2O3. The molecule has 5 heteroatoms. The standard InChI is InChI=1S/C25H30N2O3/c1-25-13-23(29)20-12-16-11-18(28)6-4-15(16)5-7-19(20)21(25)8-9-22(25)24(30)27-17-3-2-10-26-14-17/h2-3,9-10,12,14-15,18,21,23,28-29H,4-8,11,13H2,1H3,(H,27,30). The molecule has 0 radical (unpaired) electrons. The molecule has 1 aromatic heterocycles. The summed E-state index contributed by atoms with van der Waals surface area (Å²) in [6.45, 7) is 2.14. The molecule has 3 N–H and O–H groups in total. The van der Waals surface area contributed by atoms with E-state index < -0.39 is 6.10 Å². The van der Waals surface area contributed by atoms with Crippen LogP contribution in [0.25, 0.3) is 0 Å². The van der Waals surface area contributed by atoms with Gasteiger partial charge in [0.05, 0.1) is 24.1 Å². The van der Waals surface area contributed by atoms with Crippen LogP contribution < -0.4 is 5.32 Å². The van der Waals surface area contributed by atoms with Gasteiger partial charge in [0.1, 0.15) is 0 Å². The van der Waals surface area contributed by atoms with Gasteiger partial charge in [-0.15, -0.1) is 0 Å². The van der Waals surface area contributed by atoms with Gasteiger partial charge in [0.2, 0.25) is 0 Å². The molecule has 0 saturated heterocycles. The van der Waals surface area contributed by atoms with Crippen molar-refractivity contribution in [2.75, 3.05) is 5.32 Å². The Morgan fingerprint density at radius 2 is 2.13 bits per heavy atom. The van der Waals surface area contributed by atoms with Crippen LogP contribution in [0, 0.1) is 17.3 Å². The third-order valence-corrected chi connectivity index (χ3v) is 7.82. The summed E-state index contributed by atoms with van der Waals surface area (Å²) in [6, 6.07) is 3.64. The Morgan fingerprint density at radius 3 is 2.93 bits per heavy atom. The van der Waals surface area contributed by atoms with Crippen molar-refractivity contribution in [2.24, 2.45) is 17.3 Å². The quantitative estimate of drug-likeness (QED) is 0.695. The predicted octanol–water partition coefficient (Wildman–Crippen LogP) is 3.92. The van der Waals surface area contributed by atoms with Crippen molar-refractivity contribution < 1.29 is 15.0 Å². The molecule has 4 aliphatic rings. The Balaban J connectivity index is 1.43. The fraction of sp³-hybridized carbons (Fsp3) is 0.520. The number of nitrogens with one attached hydrogen (secondary N) is 1. The molecule has 1 heterocycles. The summed E-state index contributed by atoms with van der Waals surface area (Å²) in [5.41, 5.74) is 4.81. The second-order valence-corrected chi connectivity index (χ2v) is 9.61. The number of hydrogen-bond donors (Lipinski definition) is 3. The Bertz CT molecular complexity index is 948. The Kier molecular flexibility index (Phi) is 4.91. The average molecular weight is 407 g/mol. The second-order valence-electron chi connectivity index (χ2n) is 9.61.